The highest BCUT2D eigenvalue weighted by atomic mass is 32.2. The smallest absolute Gasteiger partial charge is 0.397 e. The molecule has 1 aromatic carbocycles. The molecule has 0 saturated carbocycles. The number of rotatable bonds is 0. The number of carbonyl (C=O) groups excluding carboxylic acids is 2. The van der Waals surface area contributed by atoms with Crippen LogP contribution in [-0.2, 0) is 30.9 Å². The van der Waals surface area contributed by atoms with Gasteiger partial charge in [0.15, 0.2) is 0 Å². The number of hydrogen-bond donors (Lipinski definition) is 0. The minimum absolute atomic E-state index is 0.0530. The van der Waals surface area contributed by atoms with E-state index in [-0.39, 0.29) is 11.4 Å². The third-order valence-electron chi connectivity index (χ3n) is 2.44. The van der Waals surface area contributed by atoms with Crippen LogP contribution in [0.1, 0.15) is 5.56 Å². The largest absolute Gasteiger partial charge is 0.462 e. The molecule has 1 amide bonds. The average molecular weight is 255 g/mol. The van der Waals surface area contributed by atoms with E-state index in [0.717, 1.165) is 7.11 Å². The number of benzene rings is 1. The van der Waals surface area contributed by atoms with E-state index >= 15 is 0 Å². The van der Waals surface area contributed by atoms with Crippen molar-refractivity contribution in [3.63, 3.8) is 0 Å². The van der Waals surface area contributed by atoms with Crippen LogP contribution in [-0.4, -0.2) is 31.7 Å². The summed E-state index contributed by atoms with van der Waals surface area (Å²) in [5.41, 5.74) is 0.491. The number of ether oxygens (including phenoxy) is 1. The van der Waals surface area contributed by atoms with Gasteiger partial charge < -0.3 is 4.74 Å². The van der Waals surface area contributed by atoms with Gasteiger partial charge in [0.2, 0.25) is 0 Å². The lowest BCUT2D eigenvalue weighted by Crippen LogP contribution is -2.37. The first-order valence-corrected chi connectivity index (χ1v) is 6.15. The van der Waals surface area contributed by atoms with Gasteiger partial charge in [-0.1, -0.05) is 18.2 Å². The summed E-state index contributed by atoms with van der Waals surface area (Å²) in [7, 11) is -2.89. The molecule has 1 aliphatic rings. The number of nitrogens with zero attached hydrogens (tertiary/aromatic N) is 1. The standard InChI is InChI=1S/C10H9NO5S/c1-16-10(13)9(12)11-6-7-4-2-3-5-8(7)17(11,14)15/h2-5H,6H2,1H3. The number of hydrogen-bond acceptors (Lipinski definition) is 5. The summed E-state index contributed by atoms with van der Waals surface area (Å²) in [5, 5.41) is 0. The maximum Gasteiger partial charge on any atom is 0.397 e. The van der Waals surface area contributed by atoms with Crippen LogP contribution < -0.4 is 0 Å². The van der Waals surface area contributed by atoms with Crippen molar-refractivity contribution >= 4 is 21.9 Å². The van der Waals surface area contributed by atoms with E-state index in [2.05, 4.69) is 4.74 Å². The molecule has 2 rings (SSSR count). The molecule has 1 aliphatic heterocycles. The SMILES string of the molecule is COC(=O)C(=O)N1Cc2ccccc2S1(=O)=O. The number of sulfonamides is 1. The molecule has 0 aliphatic carbocycles. The highest BCUT2D eigenvalue weighted by Crippen LogP contribution is 2.29. The molecule has 0 radical (unpaired) electrons. The number of amides is 1. The Kier molecular flexibility index (Phi) is 2.62. The van der Waals surface area contributed by atoms with Gasteiger partial charge in [0.1, 0.15) is 0 Å². The van der Waals surface area contributed by atoms with E-state index in [0.29, 0.717) is 9.87 Å². The molecule has 0 spiro atoms. The van der Waals surface area contributed by atoms with Gasteiger partial charge in [-0.25, -0.2) is 17.5 Å². The fourth-order valence-corrected chi connectivity index (χ4v) is 3.17. The summed E-state index contributed by atoms with van der Waals surface area (Å²) < 4.78 is 28.6. The molecule has 0 atom stereocenters. The van der Waals surface area contributed by atoms with Crippen molar-refractivity contribution in [2.45, 2.75) is 11.4 Å². The molecule has 17 heavy (non-hydrogen) atoms. The summed E-state index contributed by atoms with van der Waals surface area (Å²) in [6, 6.07) is 6.22. The van der Waals surface area contributed by atoms with Crippen LogP contribution in [0, 0.1) is 0 Å². The zero-order valence-corrected chi connectivity index (χ0v) is 9.73. The number of esters is 1. The Bertz CT molecular complexity index is 592. The second-order valence-corrected chi connectivity index (χ2v) is 5.25. The van der Waals surface area contributed by atoms with Gasteiger partial charge in [-0.15, -0.1) is 0 Å². The van der Waals surface area contributed by atoms with Crippen molar-refractivity contribution in [3.8, 4) is 0 Å². The first kappa shape index (κ1) is 11.6. The predicted molar refractivity (Wildman–Crippen MR) is 56.2 cm³/mol. The molecule has 0 aromatic heterocycles. The van der Waals surface area contributed by atoms with Gasteiger partial charge in [0, 0.05) is 0 Å². The molecule has 1 heterocycles. The van der Waals surface area contributed by atoms with E-state index in [4.69, 9.17) is 0 Å². The molecule has 0 bridgehead atoms. The second kappa shape index (κ2) is 3.85. The zero-order valence-electron chi connectivity index (χ0n) is 8.91. The van der Waals surface area contributed by atoms with Crippen LogP contribution in [0.3, 0.4) is 0 Å². The lowest BCUT2D eigenvalue weighted by atomic mass is 10.2. The van der Waals surface area contributed by atoms with Crippen LogP contribution in [0.2, 0.25) is 0 Å². The van der Waals surface area contributed by atoms with E-state index in [9.17, 15) is 18.0 Å². The summed E-state index contributed by atoms with van der Waals surface area (Å²) in [6.07, 6.45) is 0. The van der Waals surface area contributed by atoms with Crippen molar-refractivity contribution in [1.82, 2.24) is 4.31 Å². The normalized spacial score (nSPS) is 16.4. The first-order chi connectivity index (χ1) is 7.98. The van der Waals surface area contributed by atoms with Crippen molar-refractivity contribution < 1.29 is 22.7 Å². The molecular weight excluding hydrogens is 246 g/mol. The van der Waals surface area contributed by atoms with Crippen molar-refractivity contribution in [1.29, 1.82) is 0 Å². The highest BCUT2D eigenvalue weighted by Gasteiger charge is 2.40. The topological polar surface area (TPSA) is 80.8 Å². The molecule has 7 heteroatoms. The Morgan fingerprint density at radius 3 is 2.53 bits per heavy atom. The maximum atomic E-state index is 11.9. The minimum Gasteiger partial charge on any atom is -0.462 e. The monoisotopic (exact) mass is 255 g/mol. The van der Waals surface area contributed by atoms with E-state index in [1.807, 2.05) is 0 Å². The number of carbonyl (C=O) groups is 2. The highest BCUT2D eigenvalue weighted by molar-refractivity contribution is 7.90. The molecule has 0 N–H and O–H groups in total. The van der Waals surface area contributed by atoms with E-state index in [1.54, 1.807) is 18.2 Å². The minimum atomic E-state index is -3.92. The zero-order chi connectivity index (χ0) is 12.6. The lowest BCUT2D eigenvalue weighted by molar-refractivity contribution is -0.155. The van der Waals surface area contributed by atoms with Gasteiger partial charge in [-0.05, 0) is 11.6 Å². The van der Waals surface area contributed by atoms with Gasteiger partial charge in [-0.3, -0.25) is 4.79 Å². The van der Waals surface area contributed by atoms with Crippen LogP contribution in [0.15, 0.2) is 29.2 Å². The third kappa shape index (κ3) is 1.68. The molecule has 90 valence electrons. The van der Waals surface area contributed by atoms with Crippen LogP contribution >= 0.6 is 0 Å². The summed E-state index contributed by atoms with van der Waals surface area (Å²) >= 11 is 0. The Morgan fingerprint density at radius 2 is 1.94 bits per heavy atom. The Balaban J connectivity index is 2.45. The predicted octanol–water partition coefficient (Wildman–Crippen LogP) is -0.110. The van der Waals surface area contributed by atoms with Crippen molar-refractivity contribution in [2.24, 2.45) is 0 Å². The third-order valence-corrected chi connectivity index (χ3v) is 4.27. The van der Waals surface area contributed by atoms with E-state index in [1.165, 1.54) is 6.07 Å². The summed E-state index contributed by atoms with van der Waals surface area (Å²) in [4.78, 5) is 22.6. The van der Waals surface area contributed by atoms with E-state index < -0.39 is 21.9 Å². The number of fused-ring (bicyclic) bond motifs is 1. The fourth-order valence-electron chi connectivity index (χ4n) is 1.61. The Labute approximate surface area is 97.8 Å². The molecule has 6 nitrogen and oxygen atoms in total. The lowest BCUT2D eigenvalue weighted by Gasteiger charge is -2.12. The maximum absolute atomic E-state index is 11.9. The molecule has 0 fully saturated rings. The molecular formula is C10H9NO5S. The molecule has 0 saturated heterocycles. The molecule has 0 unspecified atom stereocenters. The number of methoxy groups -OCH3 is 1. The summed E-state index contributed by atoms with van der Waals surface area (Å²) in [6.45, 7) is -0.133. The fraction of sp³-hybridized carbons (Fsp3) is 0.200. The quantitative estimate of drug-likeness (QED) is 0.477. The van der Waals surface area contributed by atoms with Gasteiger partial charge >= 0.3 is 11.9 Å². The first-order valence-electron chi connectivity index (χ1n) is 4.71. The van der Waals surface area contributed by atoms with Crippen LogP contribution in [0.4, 0.5) is 0 Å². The van der Waals surface area contributed by atoms with Gasteiger partial charge in [0.05, 0.1) is 18.6 Å². The average Bonchev–Trinajstić information content (AvgIpc) is 2.60. The van der Waals surface area contributed by atoms with Gasteiger partial charge in [-0.2, -0.15) is 0 Å². The Morgan fingerprint density at radius 1 is 1.29 bits per heavy atom. The summed E-state index contributed by atoms with van der Waals surface area (Å²) in [5.74, 6) is -2.37. The Hall–Kier alpha value is -1.89. The van der Waals surface area contributed by atoms with Crippen molar-refractivity contribution in [3.05, 3.63) is 29.8 Å². The second-order valence-electron chi connectivity index (χ2n) is 3.42. The van der Waals surface area contributed by atoms with Crippen molar-refractivity contribution in [2.75, 3.05) is 7.11 Å². The van der Waals surface area contributed by atoms with Gasteiger partial charge in [0.25, 0.3) is 10.0 Å². The molecule has 1 aromatic rings. The van der Waals surface area contributed by atoms with Crippen LogP contribution in [0.5, 0.6) is 0 Å². The van der Waals surface area contributed by atoms with Crippen LogP contribution in [0.25, 0.3) is 0 Å².